The number of amides is 2. The average Bonchev–Trinajstić information content (AvgIpc) is 2.38. The van der Waals surface area contributed by atoms with Crippen molar-refractivity contribution in [2.45, 2.75) is 6.92 Å². The fourth-order valence-corrected chi connectivity index (χ4v) is 2.18. The zero-order valence-electron chi connectivity index (χ0n) is 10.5. The van der Waals surface area contributed by atoms with Crippen molar-refractivity contribution in [1.82, 2.24) is 0 Å². The Morgan fingerprint density at radius 2 is 1.85 bits per heavy atom. The minimum atomic E-state index is -0.379. The number of hydrogen-bond donors (Lipinski definition) is 2. The quantitative estimate of drug-likeness (QED) is 0.695. The van der Waals surface area contributed by atoms with Gasteiger partial charge in [0.15, 0.2) is 0 Å². The summed E-state index contributed by atoms with van der Waals surface area (Å²) in [6.07, 6.45) is 0. The first-order chi connectivity index (χ1) is 9.45. The first-order valence-electron chi connectivity index (χ1n) is 5.75. The highest BCUT2D eigenvalue weighted by Crippen LogP contribution is 2.26. The van der Waals surface area contributed by atoms with E-state index in [2.05, 4.69) is 26.6 Å². The lowest BCUT2D eigenvalue weighted by Gasteiger charge is -2.10. The number of aryl methyl sites for hydroxylation is 1. The van der Waals surface area contributed by atoms with Crippen molar-refractivity contribution in [3.8, 4) is 0 Å². The normalized spacial score (nSPS) is 10.2. The summed E-state index contributed by atoms with van der Waals surface area (Å²) >= 11 is 15.3. The molecule has 2 rings (SSSR count). The van der Waals surface area contributed by atoms with Crippen LogP contribution < -0.4 is 10.6 Å². The van der Waals surface area contributed by atoms with Crippen LogP contribution >= 0.6 is 39.1 Å². The largest absolute Gasteiger partial charge is 0.323 e. The average molecular weight is 374 g/mol. The summed E-state index contributed by atoms with van der Waals surface area (Å²) in [5, 5.41) is 6.32. The molecule has 104 valence electrons. The molecule has 0 aliphatic rings. The number of anilines is 2. The van der Waals surface area contributed by atoms with Crippen molar-refractivity contribution >= 4 is 56.5 Å². The molecule has 2 aromatic rings. The molecule has 2 amide bonds. The maximum atomic E-state index is 11.9. The molecule has 3 nitrogen and oxygen atoms in total. The third-order valence-electron chi connectivity index (χ3n) is 2.59. The highest BCUT2D eigenvalue weighted by molar-refractivity contribution is 9.10. The second-order valence-electron chi connectivity index (χ2n) is 4.17. The van der Waals surface area contributed by atoms with Gasteiger partial charge in [0.25, 0.3) is 0 Å². The molecule has 0 aromatic heterocycles. The van der Waals surface area contributed by atoms with Gasteiger partial charge in [-0.25, -0.2) is 4.79 Å². The molecule has 0 saturated heterocycles. The molecule has 0 unspecified atom stereocenters. The van der Waals surface area contributed by atoms with Gasteiger partial charge in [0.1, 0.15) is 0 Å². The van der Waals surface area contributed by atoms with E-state index in [1.54, 1.807) is 24.3 Å². The third-order valence-corrected chi connectivity index (χ3v) is 4.05. The van der Waals surface area contributed by atoms with Gasteiger partial charge in [0.05, 0.1) is 10.7 Å². The molecule has 0 aliphatic heterocycles. The van der Waals surface area contributed by atoms with Crippen molar-refractivity contribution in [3.63, 3.8) is 0 Å². The van der Waals surface area contributed by atoms with Crippen LogP contribution in [0.2, 0.25) is 10.0 Å². The molecule has 2 N–H and O–H groups in total. The molecule has 0 spiro atoms. The molecule has 0 fully saturated rings. The van der Waals surface area contributed by atoms with E-state index in [4.69, 9.17) is 23.2 Å². The molecule has 0 radical (unpaired) electrons. The molecule has 0 aliphatic carbocycles. The Labute approximate surface area is 135 Å². The van der Waals surface area contributed by atoms with Gasteiger partial charge in [-0.3, -0.25) is 0 Å². The molecule has 6 heteroatoms. The zero-order valence-corrected chi connectivity index (χ0v) is 13.6. The van der Waals surface area contributed by atoms with Gasteiger partial charge in [-0.1, -0.05) is 39.1 Å². The van der Waals surface area contributed by atoms with Crippen LogP contribution in [0.1, 0.15) is 5.56 Å². The minimum absolute atomic E-state index is 0.379. The standard InChI is InChI=1S/C14H11BrCl2N2O/c1-8-6-10(3-4-11(8)15)18-14(20)19-13-7-9(16)2-5-12(13)17/h2-7H,1H3,(H2,18,19,20). The Bertz CT molecular complexity index is 662. The number of nitrogens with one attached hydrogen (secondary N) is 2. The maximum absolute atomic E-state index is 11.9. The summed E-state index contributed by atoms with van der Waals surface area (Å²) in [6, 6.07) is 10.0. The molecule has 0 bridgehead atoms. The predicted octanol–water partition coefficient (Wildman–Crippen LogP) is 5.71. The number of carbonyl (C=O) groups is 1. The van der Waals surface area contributed by atoms with Crippen LogP contribution in [-0.4, -0.2) is 6.03 Å². The van der Waals surface area contributed by atoms with Crippen molar-refractivity contribution in [2.24, 2.45) is 0 Å². The molecule has 0 atom stereocenters. The van der Waals surface area contributed by atoms with Crippen LogP contribution in [0.25, 0.3) is 0 Å². The lowest BCUT2D eigenvalue weighted by atomic mass is 10.2. The highest BCUT2D eigenvalue weighted by atomic mass is 79.9. The van der Waals surface area contributed by atoms with Gasteiger partial charge in [-0.05, 0) is 48.9 Å². The second-order valence-corrected chi connectivity index (χ2v) is 5.87. The van der Waals surface area contributed by atoms with Gasteiger partial charge in [0.2, 0.25) is 0 Å². The van der Waals surface area contributed by atoms with E-state index in [0.717, 1.165) is 10.0 Å². The van der Waals surface area contributed by atoms with Gasteiger partial charge >= 0.3 is 6.03 Å². The number of urea groups is 1. The van der Waals surface area contributed by atoms with E-state index in [9.17, 15) is 4.79 Å². The Balaban J connectivity index is 2.09. The first kappa shape index (κ1) is 15.2. The predicted molar refractivity (Wildman–Crippen MR) is 88.0 cm³/mol. The monoisotopic (exact) mass is 372 g/mol. The second kappa shape index (κ2) is 6.48. The topological polar surface area (TPSA) is 41.1 Å². The summed E-state index contributed by atoms with van der Waals surface area (Å²) in [5.41, 5.74) is 2.19. The van der Waals surface area contributed by atoms with E-state index in [-0.39, 0.29) is 6.03 Å². The Hall–Kier alpha value is -1.23. The van der Waals surface area contributed by atoms with Crippen LogP contribution in [0.4, 0.5) is 16.2 Å². The number of benzene rings is 2. The molecular formula is C14H11BrCl2N2O. The van der Waals surface area contributed by atoms with Crippen molar-refractivity contribution in [1.29, 1.82) is 0 Å². The smallest absolute Gasteiger partial charge is 0.308 e. The fourth-order valence-electron chi connectivity index (χ4n) is 1.60. The molecular weight excluding hydrogens is 363 g/mol. The van der Waals surface area contributed by atoms with E-state index in [1.807, 2.05) is 19.1 Å². The zero-order chi connectivity index (χ0) is 14.7. The summed E-state index contributed by atoms with van der Waals surface area (Å²) < 4.78 is 0.987. The number of rotatable bonds is 2. The third kappa shape index (κ3) is 3.88. The van der Waals surface area contributed by atoms with E-state index < -0.39 is 0 Å². The molecule has 0 heterocycles. The van der Waals surface area contributed by atoms with Crippen molar-refractivity contribution < 1.29 is 4.79 Å². The van der Waals surface area contributed by atoms with Crippen molar-refractivity contribution in [3.05, 3.63) is 56.5 Å². The fraction of sp³-hybridized carbons (Fsp3) is 0.0714. The lowest BCUT2D eigenvalue weighted by molar-refractivity contribution is 0.262. The van der Waals surface area contributed by atoms with Crippen LogP contribution in [-0.2, 0) is 0 Å². The van der Waals surface area contributed by atoms with E-state index in [1.165, 1.54) is 0 Å². The van der Waals surface area contributed by atoms with Crippen LogP contribution in [0.3, 0.4) is 0 Å². The summed E-state index contributed by atoms with van der Waals surface area (Å²) in [6.45, 7) is 1.95. The Morgan fingerprint density at radius 1 is 1.10 bits per heavy atom. The minimum Gasteiger partial charge on any atom is -0.308 e. The van der Waals surface area contributed by atoms with Gasteiger partial charge < -0.3 is 10.6 Å². The Kier molecular flexibility index (Phi) is 4.91. The number of carbonyl (C=O) groups excluding carboxylic acids is 1. The number of hydrogen-bond acceptors (Lipinski definition) is 1. The first-order valence-corrected chi connectivity index (χ1v) is 7.30. The van der Waals surface area contributed by atoms with Crippen molar-refractivity contribution in [2.75, 3.05) is 10.6 Å². The lowest BCUT2D eigenvalue weighted by Crippen LogP contribution is -2.19. The highest BCUT2D eigenvalue weighted by Gasteiger charge is 2.07. The van der Waals surface area contributed by atoms with Crippen LogP contribution in [0.5, 0.6) is 0 Å². The SMILES string of the molecule is Cc1cc(NC(=O)Nc2cc(Cl)ccc2Cl)ccc1Br. The van der Waals surface area contributed by atoms with E-state index in [0.29, 0.717) is 21.4 Å². The molecule has 0 saturated carbocycles. The maximum Gasteiger partial charge on any atom is 0.323 e. The number of halogens is 3. The summed E-state index contributed by atoms with van der Waals surface area (Å²) in [5.74, 6) is 0. The van der Waals surface area contributed by atoms with E-state index >= 15 is 0 Å². The van der Waals surface area contributed by atoms with Gasteiger partial charge in [-0.15, -0.1) is 0 Å². The summed E-state index contributed by atoms with van der Waals surface area (Å²) in [4.78, 5) is 11.9. The van der Waals surface area contributed by atoms with Gasteiger partial charge in [0, 0.05) is 15.2 Å². The van der Waals surface area contributed by atoms with Crippen LogP contribution in [0.15, 0.2) is 40.9 Å². The molecule has 2 aromatic carbocycles. The van der Waals surface area contributed by atoms with Gasteiger partial charge in [-0.2, -0.15) is 0 Å². The summed E-state index contributed by atoms with van der Waals surface area (Å²) in [7, 11) is 0. The van der Waals surface area contributed by atoms with Crippen LogP contribution in [0, 0.1) is 6.92 Å². The molecule has 20 heavy (non-hydrogen) atoms. The Morgan fingerprint density at radius 3 is 2.55 bits per heavy atom.